The molecule has 1 aliphatic rings. The van der Waals surface area contributed by atoms with Gasteiger partial charge in [0.05, 0.1) is 36.1 Å². The van der Waals surface area contributed by atoms with Crippen LogP contribution in [0.2, 0.25) is 0 Å². The highest BCUT2D eigenvalue weighted by Crippen LogP contribution is 2.33. The van der Waals surface area contributed by atoms with E-state index < -0.39 is 0 Å². The average molecular weight is 554 g/mol. The molecular weight excluding hydrogens is 517 g/mol. The average Bonchev–Trinajstić information content (AvgIpc) is 3.65. The van der Waals surface area contributed by atoms with Gasteiger partial charge in [0.2, 0.25) is 0 Å². The Morgan fingerprint density at radius 1 is 1.07 bits per heavy atom. The van der Waals surface area contributed by atoms with E-state index in [-0.39, 0.29) is 12.2 Å². The molecule has 41 heavy (non-hydrogen) atoms. The fourth-order valence-electron chi connectivity index (χ4n) is 5.88. The number of nitrogens with one attached hydrogen (secondary N) is 3. The lowest BCUT2D eigenvalue weighted by atomic mass is 9.88. The number of aromatic nitrogens is 5. The number of halogens is 1. The van der Waals surface area contributed by atoms with E-state index in [1.807, 2.05) is 41.3 Å². The third-order valence-electron chi connectivity index (χ3n) is 8.06. The van der Waals surface area contributed by atoms with Crippen LogP contribution in [-0.4, -0.2) is 62.5 Å². The largest absolute Gasteiger partial charge is 0.382 e. The molecule has 0 radical (unpaired) electrons. The first-order chi connectivity index (χ1) is 20.1. The molecule has 0 saturated carbocycles. The summed E-state index contributed by atoms with van der Waals surface area (Å²) in [5.74, 6) is 1.02. The molecule has 5 aromatic rings. The highest BCUT2D eigenvalue weighted by molar-refractivity contribution is 5.85. The second-order valence-corrected chi connectivity index (χ2v) is 10.9. The predicted molar refractivity (Wildman–Crippen MR) is 162 cm³/mol. The smallest absolute Gasteiger partial charge is 0.261 e. The number of piperidine rings is 1. The van der Waals surface area contributed by atoms with Gasteiger partial charge in [-0.2, -0.15) is 5.10 Å². The van der Waals surface area contributed by atoms with Gasteiger partial charge in [0.1, 0.15) is 11.4 Å². The summed E-state index contributed by atoms with van der Waals surface area (Å²) in [5.41, 5.74) is 7.43. The number of aryl methyl sites for hydroxylation is 1. The van der Waals surface area contributed by atoms with Crippen molar-refractivity contribution in [1.29, 1.82) is 0 Å². The quantitative estimate of drug-likeness (QED) is 0.205. The van der Waals surface area contributed by atoms with Crippen LogP contribution in [-0.2, 0) is 6.54 Å². The van der Waals surface area contributed by atoms with Crippen molar-refractivity contribution in [2.45, 2.75) is 38.6 Å². The lowest BCUT2D eigenvalue weighted by Crippen LogP contribution is -2.33. The Labute approximate surface area is 238 Å². The summed E-state index contributed by atoms with van der Waals surface area (Å²) in [6, 6.07) is 16.5. The lowest BCUT2D eigenvalue weighted by Gasteiger charge is -2.32. The van der Waals surface area contributed by atoms with Crippen LogP contribution in [0.1, 0.15) is 36.3 Å². The number of imidazole rings is 1. The van der Waals surface area contributed by atoms with E-state index in [4.69, 9.17) is 4.98 Å². The summed E-state index contributed by atoms with van der Waals surface area (Å²) < 4.78 is 14.5. The van der Waals surface area contributed by atoms with Gasteiger partial charge in [0.15, 0.2) is 0 Å². The molecule has 0 aliphatic carbocycles. The van der Waals surface area contributed by atoms with Crippen molar-refractivity contribution < 1.29 is 4.39 Å². The number of rotatable bonds is 10. The summed E-state index contributed by atoms with van der Waals surface area (Å²) in [5, 5.41) is 7.92. The fourth-order valence-corrected chi connectivity index (χ4v) is 5.88. The highest BCUT2D eigenvalue weighted by Gasteiger charge is 2.22. The maximum Gasteiger partial charge on any atom is 0.261 e. The lowest BCUT2D eigenvalue weighted by molar-refractivity contribution is 0.204. The fraction of sp³-hybridized carbons (Fsp3) is 0.344. The van der Waals surface area contributed by atoms with E-state index in [1.165, 1.54) is 5.56 Å². The molecule has 2 aromatic carbocycles. The molecule has 3 N–H and O–H groups in total. The molecule has 4 heterocycles. The summed E-state index contributed by atoms with van der Waals surface area (Å²) in [6.45, 7) is 5.90. The molecule has 3 aromatic heterocycles. The first-order valence-corrected chi connectivity index (χ1v) is 14.4. The monoisotopic (exact) mass is 553 g/mol. The van der Waals surface area contributed by atoms with Crippen molar-refractivity contribution in [2.24, 2.45) is 0 Å². The van der Waals surface area contributed by atoms with Crippen molar-refractivity contribution in [3.05, 3.63) is 88.6 Å². The zero-order valence-electron chi connectivity index (χ0n) is 23.4. The van der Waals surface area contributed by atoms with Crippen LogP contribution in [0.4, 0.5) is 10.1 Å². The molecule has 1 fully saturated rings. The van der Waals surface area contributed by atoms with E-state index in [0.717, 1.165) is 65.9 Å². The van der Waals surface area contributed by atoms with Gasteiger partial charge >= 0.3 is 0 Å². The second kappa shape index (κ2) is 12.1. The maximum absolute atomic E-state index is 13.0. The van der Waals surface area contributed by atoms with Crippen LogP contribution in [0.5, 0.6) is 0 Å². The topological polar surface area (TPSA) is 94.6 Å². The minimum absolute atomic E-state index is 0.196. The van der Waals surface area contributed by atoms with Crippen LogP contribution in [0, 0.1) is 6.92 Å². The second-order valence-electron chi connectivity index (χ2n) is 10.9. The summed E-state index contributed by atoms with van der Waals surface area (Å²) in [7, 11) is 0. The van der Waals surface area contributed by atoms with E-state index in [1.54, 1.807) is 6.20 Å². The Bertz CT molecular complexity index is 1660. The molecule has 0 bridgehead atoms. The third-order valence-corrected chi connectivity index (χ3v) is 8.06. The number of likely N-dealkylation sites (tertiary alicyclic amines) is 1. The van der Waals surface area contributed by atoms with Crippen molar-refractivity contribution in [1.82, 2.24) is 29.6 Å². The number of anilines is 1. The van der Waals surface area contributed by atoms with Crippen molar-refractivity contribution >= 4 is 16.7 Å². The SMILES string of the molecule is Cc1cc(C2CCN(CCCF)CC2)cc2[nH]c(-c3c(NCCn4cc(-c5ccccc5)cn4)cc[nH]c3=O)nc12. The van der Waals surface area contributed by atoms with Gasteiger partial charge in [-0.05, 0) is 74.0 Å². The molecule has 9 heteroatoms. The van der Waals surface area contributed by atoms with Gasteiger partial charge < -0.3 is 20.2 Å². The van der Waals surface area contributed by atoms with Crippen LogP contribution >= 0.6 is 0 Å². The molecule has 8 nitrogen and oxygen atoms in total. The standard InChI is InChI=1S/C32H36FN7O/c1-22-18-25(24-9-15-39(16-10-24)14-5-11-33)19-28-30(22)38-31(37-28)29-27(8-12-35-32(29)41)34-13-17-40-21-26(20-36-40)23-6-3-2-4-7-23/h2-4,6-8,12,18-21,24H,5,9-11,13-17H2,1H3,(H,37,38)(H2,34,35,41). The highest BCUT2D eigenvalue weighted by atomic mass is 19.1. The Morgan fingerprint density at radius 2 is 1.90 bits per heavy atom. The van der Waals surface area contributed by atoms with Crippen molar-refractivity contribution in [3.63, 3.8) is 0 Å². The van der Waals surface area contributed by atoms with E-state index in [2.05, 4.69) is 56.5 Å². The number of benzene rings is 2. The zero-order valence-corrected chi connectivity index (χ0v) is 23.4. The van der Waals surface area contributed by atoms with Crippen molar-refractivity contribution in [3.8, 4) is 22.5 Å². The van der Waals surface area contributed by atoms with Crippen LogP contribution in [0.15, 0.2) is 71.9 Å². The van der Waals surface area contributed by atoms with Crippen LogP contribution in [0.25, 0.3) is 33.5 Å². The first-order valence-electron chi connectivity index (χ1n) is 14.4. The molecule has 212 valence electrons. The Hall–Kier alpha value is -4.24. The van der Waals surface area contributed by atoms with Gasteiger partial charge in [-0.15, -0.1) is 0 Å². The van der Waals surface area contributed by atoms with Crippen molar-refractivity contribution in [2.75, 3.05) is 38.2 Å². The van der Waals surface area contributed by atoms with Crippen LogP contribution in [0.3, 0.4) is 0 Å². The predicted octanol–water partition coefficient (Wildman–Crippen LogP) is 5.74. The Kier molecular flexibility index (Phi) is 7.95. The molecule has 0 spiro atoms. The van der Waals surface area contributed by atoms with Gasteiger partial charge in [0, 0.05) is 31.0 Å². The molecule has 1 saturated heterocycles. The van der Waals surface area contributed by atoms with Gasteiger partial charge in [-0.1, -0.05) is 36.4 Å². The number of alkyl halides is 1. The molecule has 1 aliphatic heterocycles. The number of H-pyrrole nitrogens is 2. The normalized spacial score (nSPS) is 14.6. The number of hydrogen-bond donors (Lipinski definition) is 3. The summed E-state index contributed by atoms with van der Waals surface area (Å²) in [4.78, 5) is 26.5. The maximum atomic E-state index is 13.0. The number of aromatic amines is 2. The van der Waals surface area contributed by atoms with Gasteiger partial charge in [-0.25, -0.2) is 4.98 Å². The van der Waals surface area contributed by atoms with E-state index in [9.17, 15) is 9.18 Å². The van der Waals surface area contributed by atoms with Gasteiger partial charge in [0.25, 0.3) is 5.56 Å². The zero-order chi connectivity index (χ0) is 28.2. The van der Waals surface area contributed by atoms with E-state index >= 15 is 0 Å². The molecule has 6 rings (SSSR count). The van der Waals surface area contributed by atoms with E-state index in [0.29, 0.717) is 36.8 Å². The molecule has 0 atom stereocenters. The number of pyridine rings is 1. The minimum Gasteiger partial charge on any atom is -0.382 e. The Balaban J connectivity index is 1.18. The molecule has 0 unspecified atom stereocenters. The third kappa shape index (κ3) is 5.95. The number of hydrogen-bond acceptors (Lipinski definition) is 5. The number of nitrogens with zero attached hydrogens (tertiary/aromatic N) is 4. The molecule has 0 amide bonds. The first kappa shape index (κ1) is 27.0. The van der Waals surface area contributed by atoms with Crippen LogP contribution < -0.4 is 10.9 Å². The summed E-state index contributed by atoms with van der Waals surface area (Å²) in [6.07, 6.45) is 8.29. The summed E-state index contributed by atoms with van der Waals surface area (Å²) >= 11 is 0. The minimum atomic E-state index is -0.251. The number of fused-ring (bicyclic) bond motifs is 1. The van der Waals surface area contributed by atoms with Gasteiger partial charge in [-0.3, -0.25) is 13.9 Å². The molecular formula is C32H36FN7O. The Morgan fingerprint density at radius 3 is 2.71 bits per heavy atom.